The highest BCUT2D eigenvalue weighted by Gasteiger charge is 2.25. The topological polar surface area (TPSA) is 17.4 Å². The summed E-state index contributed by atoms with van der Waals surface area (Å²) in [4.78, 5) is 2.42. The van der Waals surface area contributed by atoms with Crippen molar-refractivity contribution in [1.82, 2.24) is 4.57 Å². The van der Waals surface area contributed by atoms with Crippen molar-refractivity contribution < 1.29 is 4.74 Å². The minimum atomic E-state index is 0.872. The molecular weight excluding hydrogens is 725 g/mol. The van der Waals surface area contributed by atoms with E-state index in [1.54, 1.807) is 0 Å². The number of nitrogens with zero attached hydrogens (tertiary/aromatic N) is 2. The average Bonchev–Trinajstić information content (AvgIpc) is 3.86. The number of rotatable bonds is 6. The minimum Gasteiger partial charge on any atom is -0.453 e. The standard InChI is InChI=1S/C54H34N2OS/c1-3-13-35(14-4-1)36-27-31-39(32-28-36)55(48-24-11-20-44-43-19-9-18-42(53(43)58-54(44)48)37-15-5-2-6-16-37)40-33-29-38(30-34-40)41-17-10-23-47-51(41)45-21-12-26-50-52(45)56(47)46-22-7-8-25-49(46)57-50/h1-34H. The average molecular weight is 759 g/mol. The number of fused-ring (bicyclic) bond motifs is 8. The van der Waals surface area contributed by atoms with Crippen LogP contribution in [-0.2, 0) is 0 Å². The molecule has 0 spiro atoms. The SMILES string of the molecule is c1ccc(-c2ccc(N(c3ccc(-c4cccc5c4c4cccc6c4n5-c4ccccc4O6)cc3)c3cccc4c3sc3c(-c5ccccc5)cccc34)cc2)cc1. The summed E-state index contributed by atoms with van der Waals surface area (Å²) in [6.45, 7) is 0. The van der Waals surface area contributed by atoms with E-state index in [1.807, 2.05) is 23.5 Å². The van der Waals surface area contributed by atoms with Crippen molar-refractivity contribution in [3.8, 4) is 50.6 Å². The van der Waals surface area contributed by atoms with Gasteiger partial charge >= 0.3 is 0 Å². The van der Waals surface area contributed by atoms with E-state index in [-0.39, 0.29) is 0 Å². The quantitative estimate of drug-likeness (QED) is 0.168. The number of thiophene rings is 1. The molecule has 0 aliphatic carbocycles. The first-order valence-electron chi connectivity index (χ1n) is 19.7. The third kappa shape index (κ3) is 5.05. The third-order valence-corrected chi connectivity index (χ3v) is 12.9. The van der Waals surface area contributed by atoms with Crippen molar-refractivity contribution in [2.75, 3.05) is 4.90 Å². The zero-order chi connectivity index (χ0) is 38.2. The summed E-state index contributed by atoms with van der Waals surface area (Å²) in [7, 11) is 0. The van der Waals surface area contributed by atoms with Crippen LogP contribution < -0.4 is 9.64 Å². The molecule has 3 nitrogen and oxygen atoms in total. The van der Waals surface area contributed by atoms with Crippen molar-refractivity contribution in [3.63, 3.8) is 0 Å². The van der Waals surface area contributed by atoms with Gasteiger partial charge in [0, 0.05) is 37.6 Å². The molecule has 0 bridgehead atoms. The van der Waals surface area contributed by atoms with Crippen LogP contribution in [0.2, 0.25) is 0 Å². The monoisotopic (exact) mass is 758 g/mol. The van der Waals surface area contributed by atoms with Crippen LogP contribution >= 0.6 is 11.3 Å². The third-order valence-electron chi connectivity index (χ3n) is 11.6. The molecule has 0 unspecified atom stereocenters. The summed E-state index contributed by atoms with van der Waals surface area (Å²) in [5.41, 5.74) is 14.0. The largest absolute Gasteiger partial charge is 0.453 e. The Balaban J connectivity index is 1.03. The van der Waals surface area contributed by atoms with E-state index in [4.69, 9.17) is 4.74 Å². The van der Waals surface area contributed by atoms with E-state index in [1.165, 1.54) is 69.8 Å². The fourth-order valence-electron chi connectivity index (χ4n) is 8.98. The molecular formula is C54H34N2OS. The zero-order valence-electron chi connectivity index (χ0n) is 31.3. The number of aromatic nitrogens is 1. The fourth-order valence-corrected chi connectivity index (χ4v) is 10.3. The smallest absolute Gasteiger partial charge is 0.152 e. The highest BCUT2D eigenvalue weighted by Crippen LogP contribution is 2.49. The van der Waals surface area contributed by atoms with Gasteiger partial charge in [-0.2, -0.15) is 0 Å². The summed E-state index contributed by atoms with van der Waals surface area (Å²) >= 11 is 1.88. The molecule has 2 aromatic heterocycles. The first-order chi connectivity index (χ1) is 28.8. The van der Waals surface area contributed by atoms with E-state index in [0.717, 1.165) is 39.8 Å². The zero-order valence-corrected chi connectivity index (χ0v) is 32.2. The van der Waals surface area contributed by atoms with E-state index >= 15 is 0 Å². The number of anilines is 3. The lowest BCUT2D eigenvalue weighted by Crippen LogP contribution is -2.10. The van der Waals surface area contributed by atoms with Gasteiger partial charge in [-0.15, -0.1) is 11.3 Å². The van der Waals surface area contributed by atoms with Crippen LogP contribution in [0.15, 0.2) is 206 Å². The van der Waals surface area contributed by atoms with Crippen LogP contribution in [0.4, 0.5) is 17.1 Å². The van der Waals surface area contributed by atoms with Gasteiger partial charge in [0.05, 0.1) is 27.1 Å². The molecule has 0 N–H and O–H groups in total. The van der Waals surface area contributed by atoms with Crippen LogP contribution in [0.1, 0.15) is 0 Å². The van der Waals surface area contributed by atoms with Crippen molar-refractivity contribution in [1.29, 1.82) is 0 Å². The van der Waals surface area contributed by atoms with E-state index in [9.17, 15) is 0 Å². The van der Waals surface area contributed by atoms with Crippen molar-refractivity contribution in [2.24, 2.45) is 0 Å². The van der Waals surface area contributed by atoms with Crippen LogP contribution in [0.5, 0.6) is 11.5 Å². The number of hydrogen-bond donors (Lipinski definition) is 0. The maximum absolute atomic E-state index is 6.44. The summed E-state index contributed by atoms with van der Waals surface area (Å²) in [6.07, 6.45) is 0. The van der Waals surface area contributed by atoms with Gasteiger partial charge in [0.25, 0.3) is 0 Å². The fraction of sp³-hybridized carbons (Fsp3) is 0. The molecule has 12 rings (SSSR count). The molecule has 4 heteroatoms. The van der Waals surface area contributed by atoms with Crippen molar-refractivity contribution in [2.45, 2.75) is 0 Å². The first kappa shape index (κ1) is 32.8. The molecule has 0 radical (unpaired) electrons. The molecule has 272 valence electrons. The Kier molecular flexibility index (Phi) is 7.40. The van der Waals surface area contributed by atoms with Gasteiger partial charge in [-0.05, 0) is 88.0 Å². The summed E-state index contributed by atoms with van der Waals surface area (Å²) < 4.78 is 11.4. The van der Waals surface area contributed by atoms with Gasteiger partial charge in [-0.25, -0.2) is 0 Å². The predicted octanol–water partition coefficient (Wildman–Crippen LogP) is 15.7. The second-order valence-electron chi connectivity index (χ2n) is 14.9. The molecule has 0 atom stereocenters. The summed E-state index contributed by atoms with van der Waals surface area (Å²) in [6, 6.07) is 74.3. The Hall–Kier alpha value is -7.40. The maximum Gasteiger partial charge on any atom is 0.152 e. The minimum absolute atomic E-state index is 0.872. The van der Waals surface area contributed by atoms with Gasteiger partial charge in [-0.1, -0.05) is 152 Å². The molecule has 9 aromatic carbocycles. The van der Waals surface area contributed by atoms with Crippen LogP contribution in [0.3, 0.4) is 0 Å². The molecule has 0 amide bonds. The number of para-hydroxylation sites is 3. The normalized spacial score (nSPS) is 11.9. The van der Waals surface area contributed by atoms with Gasteiger partial charge in [0.15, 0.2) is 11.5 Å². The molecule has 11 aromatic rings. The molecule has 0 fully saturated rings. The molecule has 3 heterocycles. The lowest BCUT2D eigenvalue weighted by Gasteiger charge is -2.26. The summed E-state index contributed by atoms with van der Waals surface area (Å²) in [5, 5.41) is 4.96. The van der Waals surface area contributed by atoms with Gasteiger partial charge in [0.1, 0.15) is 0 Å². The Morgan fingerprint density at radius 1 is 0.397 bits per heavy atom. The van der Waals surface area contributed by atoms with E-state index < -0.39 is 0 Å². The molecule has 1 aliphatic rings. The first-order valence-corrected chi connectivity index (χ1v) is 20.5. The van der Waals surface area contributed by atoms with Crippen molar-refractivity contribution in [3.05, 3.63) is 206 Å². The number of benzene rings is 9. The second kappa shape index (κ2) is 13.1. The molecule has 0 saturated carbocycles. The Labute approximate surface area is 339 Å². The van der Waals surface area contributed by atoms with Crippen LogP contribution in [0, 0.1) is 0 Å². The van der Waals surface area contributed by atoms with Gasteiger partial charge < -0.3 is 14.2 Å². The lowest BCUT2D eigenvalue weighted by molar-refractivity contribution is 0.476. The van der Waals surface area contributed by atoms with E-state index in [0.29, 0.717) is 0 Å². The molecule has 0 saturated heterocycles. The molecule has 1 aliphatic heterocycles. The molecule has 58 heavy (non-hydrogen) atoms. The Bertz CT molecular complexity index is 3350. The number of ether oxygens (including phenoxy) is 1. The van der Waals surface area contributed by atoms with Crippen LogP contribution in [-0.4, -0.2) is 4.57 Å². The number of hydrogen-bond acceptors (Lipinski definition) is 3. The lowest BCUT2D eigenvalue weighted by atomic mass is 9.98. The van der Waals surface area contributed by atoms with Crippen molar-refractivity contribution >= 4 is 70.4 Å². The Morgan fingerprint density at radius 3 is 1.72 bits per heavy atom. The highest BCUT2D eigenvalue weighted by molar-refractivity contribution is 7.27. The van der Waals surface area contributed by atoms with Gasteiger partial charge in [0.2, 0.25) is 0 Å². The van der Waals surface area contributed by atoms with Gasteiger partial charge in [-0.3, -0.25) is 0 Å². The summed E-state index contributed by atoms with van der Waals surface area (Å²) in [5.74, 6) is 1.76. The predicted molar refractivity (Wildman–Crippen MR) is 245 cm³/mol. The van der Waals surface area contributed by atoms with Crippen LogP contribution in [0.25, 0.3) is 81.0 Å². The second-order valence-corrected chi connectivity index (χ2v) is 15.9. The maximum atomic E-state index is 6.44. The van der Waals surface area contributed by atoms with E-state index in [2.05, 4.69) is 204 Å². The highest BCUT2D eigenvalue weighted by atomic mass is 32.1. The Morgan fingerprint density at radius 2 is 0.948 bits per heavy atom.